The van der Waals surface area contributed by atoms with Crippen molar-refractivity contribution in [3.05, 3.63) is 75.9 Å². The zero-order valence-electron chi connectivity index (χ0n) is 12.4. The number of benzene rings is 2. The average molecular weight is 356 g/mol. The van der Waals surface area contributed by atoms with E-state index >= 15 is 0 Å². The Morgan fingerprint density at radius 2 is 1.88 bits per heavy atom. The maximum Gasteiger partial charge on any atom is 0.265 e. The first kappa shape index (κ1) is 15.1. The van der Waals surface area contributed by atoms with Crippen molar-refractivity contribution in [3.63, 3.8) is 0 Å². The summed E-state index contributed by atoms with van der Waals surface area (Å²) in [5, 5.41) is 2.01. The molecule has 0 saturated carbocycles. The van der Waals surface area contributed by atoms with Crippen LogP contribution < -0.4 is 5.56 Å². The molecule has 4 rings (SSSR count). The van der Waals surface area contributed by atoms with Gasteiger partial charge in [-0.05, 0) is 42.5 Å². The van der Waals surface area contributed by atoms with E-state index in [1.165, 1.54) is 10.9 Å². The van der Waals surface area contributed by atoms with Crippen LogP contribution in [0.3, 0.4) is 0 Å². The number of nitrogens with zero attached hydrogens (tertiary/aromatic N) is 3. The minimum Gasteiger partial charge on any atom is -0.268 e. The molecule has 0 radical (unpaired) electrons. The minimum atomic E-state index is -0.138. The quantitative estimate of drug-likeness (QED) is 0.503. The lowest BCUT2D eigenvalue weighted by atomic mass is 10.1. The van der Waals surface area contributed by atoms with Crippen LogP contribution in [0.25, 0.3) is 27.5 Å². The molecule has 0 fully saturated rings. The molecular formula is C18H11Cl2N3O. The van der Waals surface area contributed by atoms with Gasteiger partial charge in [0.05, 0.1) is 33.7 Å². The fraction of sp³-hybridized carbons (Fsp3) is 0.0556. The monoisotopic (exact) mass is 355 g/mol. The molecule has 0 atom stereocenters. The molecule has 0 bridgehead atoms. The highest BCUT2D eigenvalue weighted by Crippen LogP contribution is 2.19. The van der Waals surface area contributed by atoms with Crippen LogP contribution in [-0.4, -0.2) is 14.5 Å². The molecular weight excluding hydrogens is 345 g/mol. The van der Waals surface area contributed by atoms with Gasteiger partial charge in [0.15, 0.2) is 0 Å². The largest absolute Gasteiger partial charge is 0.268 e. The Labute approximate surface area is 147 Å². The van der Waals surface area contributed by atoms with Crippen LogP contribution in [0.1, 0.15) is 5.69 Å². The van der Waals surface area contributed by atoms with Crippen LogP contribution in [0.4, 0.5) is 0 Å². The second-order valence-electron chi connectivity index (χ2n) is 5.39. The van der Waals surface area contributed by atoms with E-state index in [9.17, 15) is 4.79 Å². The maximum absolute atomic E-state index is 12.7. The molecule has 6 heteroatoms. The van der Waals surface area contributed by atoms with Crippen molar-refractivity contribution in [2.45, 2.75) is 5.88 Å². The van der Waals surface area contributed by atoms with Gasteiger partial charge in [0.2, 0.25) is 0 Å². The van der Waals surface area contributed by atoms with Gasteiger partial charge in [-0.1, -0.05) is 17.7 Å². The molecule has 0 saturated heterocycles. The van der Waals surface area contributed by atoms with Crippen molar-refractivity contribution < 1.29 is 0 Å². The number of fused-ring (bicyclic) bond motifs is 2. The first-order valence-corrected chi connectivity index (χ1v) is 8.20. The molecule has 0 aliphatic heterocycles. The molecule has 0 aliphatic rings. The van der Waals surface area contributed by atoms with Crippen LogP contribution in [0.15, 0.2) is 59.7 Å². The standard InChI is InChI=1S/C18H11Cl2N3O/c19-9-13-3-1-11-7-14(4-6-16(11)22-13)23-10-21-17-8-12(20)2-5-15(17)18(23)24/h1-8,10H,9H2. The van der Waals surface area contributed by atoms with E-state index in [2.05, 4.69) is 9.97 Å². The third-order valence-corrected chi connectivity index (χ3v) is 4.38. The second-order valence-corrected chi connectivity index (χ2v) is 6.10. The number of hydrogen-bond acceptors (Lipinski definition) is 3. The fourth-order valence-electron chi connectivity index (χ4n) is 2.66. The molecule has 0 amide bonds. The summed E-state index contributed by atoms with van der Waals surface area (Å²) in [6, 6.07) is 14.5. The topological polar surface area (TPSA) is 47.8 Å². The van der Waals surface area contributed by atoms with Gasteiger partial charge in [-0.25, -0.2) is 4.98 Å². The third-order valence-electron chi connectivity index (χ3n) is 3.87. The lowest BCUT2D eigenvalue weighted by Gasteiger charge is -2.08. The number of halogens is 2. The predicted molar refractivity (Wildman–Crippen MR) is 97.2 cm³/mol. The number of alkyl halides is 1. The Hall–Kier alpha value is -2.43. The molecule has 0 aliphatic carbocycles. The molecule has 0 N–H and O–H groups in total. The van der Waals surface area contributed by atoms with E-state index < -0.39 is 0 Å². The van der Waals surface area contributed by atoms with E-state index in [1.54, 1.807) is 18.2 Å². The number of hydrogen-bond donors (Lipinski definition) is 0. The number of aromatic nitrogens is 3. The molecule has 2 aromatic heterocycles. The van der Waals surface area contributed by atoms with Gasteiger partial charge in [0, 0.05) is 10.4 Å². The van der Waals surface area contributed by atoms with E-state index in [-0.39, 0.29) is 5.56 Å². The van der Waals surface area contributed by atoms with E-state index in [4.69, 9.17) is 23.2 Å². The summed E-state index contributed by atoms with van der Waals surface area (Å²) in [6.07, 6.45) is 1.52. The summed E-state index contributed by atoms with van der Waals surface area (Å²) >= 11 is 11.8. The zero-order chi connectivity index (χ0) is 16.7. The molecule has 0 unspecified atom stereocenters. The third kappa shape index (κ3) is 2.54. The van der Waals surface area contributed by atoms with Crippen molar-refractivity contribution in [3.8, 4) is 5.69 Å². The van der Waals surface area contributed by atoms with Gasteiger partial charge < -0.3 is 0 Å². The van der Waals surface area contributed by atoms with Gasteiger partial charge in [0.1, 0.15) is 6.33 Å². The summed E-state index contributed by atoms with van der Waals surface area (Å²) in [5.41, 5.74) is 2.83. The fourth-order valence-corrected chi connectivity index (χ4v) is 2.97. The van der Waals surface area contributed by atoms with Crippen LogP contribution in [0.2, 0.25) is 5.02 Å². The van der Waals surface area contributed by atoms with Gasteiger partial charge in [-0.15, -0.1) is 11.6 Å². The Bertz CT molecular complexity index is 1140. The molecule has 118 valence electrons. The first-order chi connectivity index (χ1) is 11.7. The normalized spacial score (nSPS) is 11.2. The Balaban J connectivity index is 1.90. The molecule has 4 nitrogen and oxygen atoms in total. The zero-order valence-corrected chi connectivity index (χ0v) is 13.9. The van der Waals surface area contributed by atoms with Crippen molar-refractivity contribution in [1.29, 1.82) is 0 Å². The SMILES string of the molecule is O=c1c2ccc(Cl)cc2ncn1-c1ccc2nc(CCl)ccc2c1. The molecule has 0 spiro atoms. The smallest absolute Gasteiger partial charge is 0.265 e. The van der Waals surface area contributed by atoms with Crippen molar-refractivity contribution in [2.24, 2.45) is 0 Å². The van der Waals surface area contributed by atoms with Crippen LogP contribution >= 0.6 is 23.2 Å². The van der Waals surface area contributed by atoms with Crippen molar-refractivity contribution >= 4 is 45.0 Å². The van der Waals surface area contributed by atoms with Crippen LogP contribution in [0, 0.1) is 0 Å². The molecule has 4 aromatic rings. The summed E-state index contributed by atoms with van der Waals surface area (Å²) < 4.78 is 1.52. The van der Waals surface area contributed by atoms with Crippen LogP contribution in [0.5, 0.6) is 0 Å². The minimum absolute atomic E-state index is 0.138. The summed E-state index contributed by atoms with van der Waals surface area (Å²) in [6.45, 7) is 0. The Morgan fingerprint density at radius 3 is 2.71 bits per heavy atom. The lowest BCUT2D eigenvalue weighted by molar-refractivity contribution is 0.965. The second kappa shape index (κ2) is 5.89. The Morgan fingerprint density at radius 1 is 1.00 bits per heavy atom. The molecule has 2 aromatic carbocycles. The van der Waals surface area contributed by atoms with Crippen molar-refractivity contribution in [2.75, 3.05) is 0 Å². The highest BCUT2D eigenvalue weighted by Gasteiger charge is 2.07. The summed E-state index contributed by atoms with van der Waals surface area (Å²) in [5.74, 6) is 0.369. The summed E-state index contributed by atoms with van der Waals surface area (Å²) in [4.78, 5) is 21.5. The van der Waals surface area contributed by atoms with E-state index in [0.29, 0.717) is 21.8 Å². The van der Waals surface area contributed by atoms with Crippen LogP contribution in [-0.2, 0) is 5.88 Å². The first-order valence-electron chi connectivity index (χ1n) is 7.29. The van der Waals surface area contributed by atoms with Crippen molar-refractivity contribution in [1.82, 2.24) is 14.5 Å². The maximum atomic E-state index is 12.7. The number of pyridine rings is 1. The molecule has 24 heavy (non-hydrogen) atoms. The predicted octanol–water partition coefficient (Wildman–Crippen LogP) is 4.33. The van der Waals surface area contributed by atoms with Gasteiger partial charge in [0.25, 0.3) is 5.56 Å². The number of rotatable bonds is 2. The van der Waals surface area contributed by atoms with Gasteiger partial charge in [-0.2, -0.15) is 0 Å². The van der Waals surface area contributed by atoms with Gasteiger partial charge >= 0.3 is 0 Å². The highest BCUT2D eigenvalue weighted by atomic mass is 35.5. The lowest BCUT2D eigenvalue weighted by Crippen LogP contribution is -2.18. The van der Waals surface area contributed by atoms with E-state index in [0.717, 1.165) is 22.3 Å². The van der Waals surface area contributed by atoms with E-state index in [1.807, 2.05) is 30.3 Å². The highest BCUT2D eigenvalue weighted by molar-refractivity contribution is 6.31. The van der Waals surface area contributed by atoms with Gasteiger partial charge in [-0.3, -0.25) is 14.3 Å². The Kier molecular flexibility index (Phi) is 3.71. The summed E-state index contributed by atoms with van der Waals surface area (Å²) in [7, 11) is 0. The molecule has 2 heterocycles. The average Bonchev–Trinajstić information content (AvgIpc) is 2.61.